The normalized spacial score (nSPS) is 14.5. The first-order chi connectivity index (χ1) is 10.1. The molecule has 114 valence electrons. The van der Waals surface area contributed by atoms with Gasteiger partial charge >= 0.3 is 0 Å². The molecule has 0 aromatic heterocycles. The van der Waals surface area contributed by atoms with Gasteiger partial charge in [0.1, 0.15) is 0 Å². The van der Waals surface area contributed by atoms with E-state index in [1.54, 1.807) is 16.7 Å². The van der Waals surface area contributed by atoms with Crippen LogP contribution in [0.5, 0.6) is 0 Å². The largest absolute Gasteiger partial charge is 0.355 e. The first kappa shape index (κ1) is 16.5. The van der Waals surface area contributed by atoms with Crippen LogP contribution in [0.4, 0.5) is 4.79 Å². The molecule has 1 fully saturated rings. The van der Waals surface area contributed by atoms with Crippen molar-refractivity contribution in [2.45, 2.75) is 11.3 Å². The third kappa shape index (κ3) is 5.80. The van der Waals surface area contributed by atoms with Crippen molar-refractivity contribution in [3.8, 4) is 0 Å². The quantitative estimate of drug-likeness (QED) is 0.610. The van der Waals surface area contributed by atoms with Gasteiger partial charge in [-0.05, 0) is 24.3 Å². The van der Waals surface area contributed by atoms with Gasteiger partial charge < -0.3 is 10.2 Å². The van der Waals surface area contributed by atoms with E-state index in [0.29, 0.717) is 19.5 Å². The van der Waals surface area contributed by atoms with Crippen LogP contribution in [0.1, 0.15) is 6.42 Å². The molecule has 0 spiro atoms. The first-order valence-corrected chi connectivity index (χ1v) is 9.07. The zero-order valence-electron chi connectivity index (χ0n) is 11.5. The highest BCUT2D eigenvalue weighted by molar-refractivity contribution is 8.13. The standard InChI is InChI=1S/C14H17ClN2O2S2/c15-11-1-3-12(4-2-11)20-9-6-16-13(18)5-7-17-8-10-21-14(17)19/h1-4H,5-10H2,(H,16,18). The second-order valence-electron chi connectivity index (χ2n) is 4.50. The molecule has 0 aliphatic carbocycles. The Kier molecular flexibility index (Phi) is 6.73. The number of carbonyl (C=O) groups is 2. The predicted molar refractivity (Wildman–Crippen MR) is 89.2 cm³/mol. The van der Waals surface area contributed by atoms with Crippen molar-refractivity contribution < 1.29 is 9.59 Å². The molecule has 0 atom stereocenters. The Hall–Kier alpha value is -0.850. The van der Waals surface area contributed by atoms with E-state index in [-0.39, 0.29) is 11.1 Å². The zero-order valence-corrected chi connectivity index (χ0v) is 13.9. The number of halogens is 1. The average molecular weight is 345 g/mol. The van der Waals surface area contributed by atoms with Gasteiger partial charge in [0.2, 0.25) is 5.91 Å². The van der Waals surface area contributed by atoms with Gasteiger partial charge in [0.15, 0.2) is 0 Å². The van der Waals surface area contributed by atoms with Gasteiger partial charge in [0.05, 0.1) is 0 Å². The predicted octanol–water partition coefficient (Wildman–Crippen LogP) is 3.11. The van der Waals surface area contributed by atoms with Crippen LogP contribution < -0.4 is 5.32 Å². The lowest BCUT2D eigenvalue weighted by Crippen LogP contribution is -2.31. The lowest BCUT2D eigenvalue weighted by Gasteiger charge is -2.13. The number of rotatable bonds is 7. The number of carbonyl (C=O) groups excluding carboxylic acids is 2. The molecule has 0 unspecified atom stereocenters. The van der Waals surface area contributed by atoms with E-state index in [0.717, 1.165) is 28.0 Å². The number of nitrogens with zero attached hydrogens (tertiary/aromatic N) is 1. The van der Waals surface area contributed by atoms with Crippen molar-refractivity contribution in [1.29, 1.82) is 0 Å². The fourth-order valence-corrected chi connectivity index (χ4v) is 3.59. The molecule has 1 aliphatic rings. The third-order valence-corrected chi connectivity index (χ3v) is 5.12. The topological polar surface area (TPSA) is 49.4 Å². The van der Waals surface area contributed by atoms with E-state index in [1.165, 1.54) is 11.8 Å². The second-order valence-corrected chi connectivity index (χ2v) is 7.15. The molecular weight excluding hydrogens is 328 g/mol. The highest BCUT2D eigenvalue weighted by atomic mass is 35.5. The van der Waals surface area contributed by atoms with Crippen LogP contribution in [0, 0.1) is 0 Å². The lowest BCUT2D eigenvalue weighted by molar-refractivity contribution is -0.121. The molecule has 1 aromatic rings. The maximum absolute atomic E-state index is 11.7. The Bertz CT molecular complexity index is 496. The minimum Gasteiger partial charge on any atom is -0.355 e. The van der Waals surface area contributed by atoms with Crippen LogP contribution in [0.3, 0.4) is 0 Å². The van der Waals surface area contributed by atoms with Crippen molar-refractivity contribution >= 4 is 46.3 Å². The van der Waals surface area contributed by atoms with Crippen LogP contribution in [-0.2, 0) is 4.79 Å². The molecule has 0 radical (unpaired) electrons. The lowest BCUT2D eigenvalue weighted by atomic mass is 10.3. The first-order valence-electron chi connectivity index (χ1n) is 6.72. The Morgan fingerprint density at radius 1 is 1.38 bits per heavy atom. The molecule has 2 rings (SSSR count). The van der Waals surface area contributed by atoms with Gasteiger partial charge in [-0.3, -0.25) is 9.59 Å². The Morgan fingerprint density at radius 3 is 2.81 bits per heavy atom. The Labute approximate surface area is 138 Å². The van der Waals surface area contributed by atoms with E-state index in [9.17, 15) is 9.59 Å². The number of benzene rings is 1. The van der Waals surface area contributed by atoms with Crippen molar-refractivity contribution in [1.82, 2.24) is 10.2 Å². The highest BCUT2D eigenvalue weighted by Gasteiger charge is 2.21. The number of thioether (sulfide) groups is 2. The number of amides is 2. The van der Waals surface area contributed by atoms with Gasteiger partial charge in [0, 0.05) is 47.5 Å². The van der Waals surface area contributed by atoms with E-state index < -0.39 is 0 Å². The average Bonchev–Trinajstić information content (AvgIpc) is 2.89. The summed E-state index contributed by atoms with van der Waals surface area (Å²) in [5, 5.41) is 3.68. The van der Waals surface area contributed by atoms with E-state index in [1.807, 2.05) is 24.3 Å². The summed E-state index contributed by atoms with van der Waals surface area (Å²) >= 11 is 8.81. The molecule has 1 aromatic carbocycles. The molecule has 2 amide bonds. The minimum atomic E-state index is -0.00333. The highest BCUT2D eigenvalue weighted by Crippen LogP contribution is 2.19. The summed E-state index contributed by atoms with van der Waals surface area (Å²) in [4.78, 5) is 25.9. The van der Waals surface area contributed by atoms with Crippen LogP contribution in [0.2, 0.25) is 5.02 Å². The molecule has 4 nitrogen and oxygen atoms in total. The molecule has 1 N–H and O–H groups in total. The van der Waals surface area contributed by atoms with Gasteiger partial charge in [-0.1, -0.05) is 23.4 Å². The van der Waals surface area contributed by atoms with Crippen molar-refractivity contribution in [2.24, 2.45) is 0 Å². The second kappa shape index (κ2) is 8.56. The van der Waals surface area contributed by atoms with E-state index in [2.05, 4.69) is 5.32 Å². The summed E-state index contributed by atoms with van der Waals surface area (Å²) < 4.78 is 0. The smallest absolute Gasteiger partial charge is 0.281 e. The van der Waals surface area contributed by atoms with Crippen LogP contribution in [0.15, 0.2) is 29.2 Å². The fraction of sp³-hybridized carbons (Fsp3) is 0.429. The third-order valence-electron chi connectivity index (χ3n) is 2.96. The molecule has 0 saturated carbocycles. The van der Waals surface area contributed by atoms with E-state index >= 15 is 0 Å². The van der Waals surface area contributed by atoms with Gasteiger partial charge in [-0.25, -0.2) is 0 Å². The summed E-state index contributed by atoms with van der Waals surface area (Å²) in [6.45, 7) is 1.89. The summed E-state index contributed by atoms with van der Waals surface area (Å²) in [5.74, 6) is 1.64. The zero-order chi connectivity index (χ0) is 15.1. The molecule has 7 heteroatoms. The van der Waals surface area contributed by atoms with Gasteiger partial charge in [-0.2, -0.15) is 0 Å². The summed E-state index contributed by atoms with van der Waals surface area (Å²) in [5.41, 5.74) is 0. The monoisotopic (exact) mass is 344 g/mol. The molecular formula is C14H17ClN2O2S2. The minimum absolute atomic E-state index is 0.00333. The van der Waals surface area contributed by atoms with Crippen molar-refractivity contribution in [3.05, 3.63) is 29.3 Å². The molecule has 1 aliphatic heterocycles. The van der Waals surface area contributed by atoms with Gasteiger partial charge in [0.25, 0.3) is 5.24 Å². The Balaban J connectivity index is 1.56. The summed E-state index contributed by atoms with van der Waals surface area (Å²) in [6.07, 6.45) is 0.373. The molecule has 0 bridgehead atoms. The Morgan fingerprint density at radius 2 is 2.14 bits per heavy atom. The van der Waals surface area contributed by atoms with Crippen molar-refractivity contribution in [3.63, 3.8) is 0 Å². The van der Waals surface area contributed by atoms with Crippen LogP contribution >= 0.6 is 35.1 Å². The summed E-state index contributed by atoms with van der Waals surface area (Å²) in [6, 6.07) is 7.64. The van der Waals surface area contributed by atoms with Crippen LogP contribution in [-0.4, -0.2) is 47.2 Å². The summed E-state index contributed by atoms with van der Waals surface area (Å²) in [7, 11) is 0. The van der Waals surface area contributed by atoms with Crippen molar-refractivity contribution in [2.75, 3.05) is 31.1 Å². The van der Waals surface area contributed by atoms with E-state index in [4.69, 9.17) is 11.6 Å². The van der Waals surface area contributed by atoms with Gasteiger partial charge in [-0.15, -0.1) is 11.8 Å². The molecule has 1 saturated heterocycles. The maximum atomic E-state index is 11.7. The number of hydrogen-bond donors (Lipinski definition) is 1. The number of hydrogen-bond acceptors (Lipinski definition) is 4. The fourth-order valence-electron chi connectivity index (χ4n) is 1.84. The SMILES string of the molecule is O=C(CCN1CCSC1=O)NCCSc1ccc(Cl)cc1. The molecule has 1 heterocycles. The van der Waals surface area contributed by atoms with Crippen LogP contribution in [0.25, 0.3) is 0 Å². The maximum Gasteiger partial charge on any atom is 0.281 e. The molecule has 21 heavy (non-hydrogen) atoms. The number of nitrogens with one attached hydrogen (secondary N) is 1.